The Balaban J connectivity index is 1.60. The number of aliphatic imine (C=N–C) groups is 1. The van der Waals surface area contributed by atoms with Gasteiger partial charge in [-0.15, -0.1) is 6.58 Å². The van der Waals surface area contributed by atoms with Gasteiger partial charge in [-0.1, -0.05) is 40.2 Å². The number of nitrogens with zero attached hydrogens (tertiary/aromatic N) is 2. The summed E-state index contributed by atoms with van der Waals surface area (Å²) < 4.78 is 1.21. The van der Waals surface area contributed by atoms with Crippen LogP contribution in [0.15, 0.2) is 46.4 Å². The minimum Gasteiger partial charge on any atom is -0.357 e. The zero-order valence-electron chi connectivity index (χ0n) is 15.8. The van der Waals surface area contributed by atoms with Crippen LogP contribution in [0, 0.1) is 0 Å². The summed E-state index contributed by atoms with van der Waals surface area (Å²) in [5, 5.41) is 7.09. The Morgan fingerprint density at radius 1 is 1.35 bits per heavy atom. The Labute approximate surface area is 166 Å². The highest BCUT2D eigenvalue weighted by molar-refractivity contribution is 9.10. The van der Waals surface area contributed by atoms with E-state index < -0.39 is 0 Å². The van der Waals surface area contributed by atoms with Crippen molar-refractivity contribution in [2.24, 2.45) is 4.99 Å². The molecule has 0 radical (unpaired) electrons. The summed E-state index contributed by atoms with van der Waals surface area (Å²) in [6.45, 7) is 11.0. The molecule has 2 fully saturated rings. The molecule has 2 N–H and O–H groups in total. The van der Waals surface area contributed by atoms with E-state index >= 15 is 0 Å². The molecule has 26 heavy (non-hydrogen) atoms. The lowest BCUT2D eigenvalue weighted by molar-refractivity contribution is 0.225. The lowest BCUT2D eigenvalue weighted by Crippen LogP contribution is -2.48. The van der Waals surface area contributed by atoms with E-state index in [0.717, 1.165) is 51.5 Å². The summed E-state index contributed by atoms with van der Waals surface area (Å²) in [5.41, 5.74) is 1.62. The van der Waals surface area contributed by atoms with Crippen LogP contribution in [-0.4, -0.2) is 49.6 Å². The summed E-state index contributed by atoms with van der Waals surface area (Å²) in [5.74, 6) is 0.966. The van der Waals surface area contributed by atoms with Gasteiger partial charge in [0.15, 0.2) is 5.96 Å². The van der Waals surface area contributed by atoms with Crippen molar-refractivity contribution in [3.8, 4) is 0 Å². The Morgan fingerprint density at radius 3 is 2.69 bits per heavy atom. The topological polar surface area (TPSA) is 39.7 Å². The van der Waals surface area contributed by atoms with E-state index in [1.165, 1.54) is 22.9 Å². The van der Waals surface area contributed by atoms with Gasteiger partial charge < -0.3 is 10.6 Å². The summed E-state index contributed by atoms with van der Waals surface area (Å²) in [4.78, 5) is 7.42. The van der Waals surface area contributed by atoms with E-state index in [9.17, 15) is 0 Å². The van der Waals surface area contributed by atoms with Crippen molar-refractivity contribution in [1.82, 2.24) is 15.5 Å². The fraction of sp³-hybridized carbons (Fsp3) is 0.571. The van der Waals surface area contributed by atoms with E-state index in [-0.39, 0.29) is 5.41 Å². The normalized spacial score (nSPS) is 20.6. The summed E-state index contributed by atoms with van der Waals surface area (Å²) in [6, 6.07) is 9.09. The number of piperidine rings is 1. The van der Waals surface area contributed by atoms with E-state index in [1.807, 2.05) is 6.08 Å². The van der Waals surface area contributed by atoms with Crippen LogP contribution in [-0.2, 0) is 5.41 Å². The fourth-order valence-corrected chi connectivity index (χ4v) is 4.45. The van der Waals surface area contributed by atoms with Gasteiger partial charge in [0.2, 0.25) is 0 Å². The smallest absolute Gasteiger partial charge is 0.191 e. The molecule has 4 nitrogen and oxygen atoms in total. The van der Waals surface area contributed by atoms with Crippen LogP contribution in [0.4, 0.5) is 0 Å². The first-order valence-electron chi connectivity index (χ1n) is 9.80. The molecule has 0 spiro atoms. The molecule has 142 valence electrons. The zero-order chi connectivity index (χ0) is 18.4. The second-order valence-corrected chi connectivity index (χ2v) is 8.32. The Morgan fingerprint density at radius 2 is 2.08 bits per heavy atom. The molecule has 0 amide bonds. The molecule has 1 aliphatic carbocycles. The minimum atomic E-state index is 0.218. The third kappa shape index (κ3) is 4.89. The van der Waals surface area contributed by atoms with Crippen molar-refractivity contribution in [3.05, 3.63) is 47.0 Å². The number of hydrogen-bond acceptors (Lipinski definition) is 2. The van der Waals surface area contributed by atoms with Crippen LogP contribution in [0.1, 0.15) is 38.2 Å². The second-order valence-electron chi connectivity index (χ2n) is 7.46. The standard InChI is InChI=1S/C21H31BrN4/c1-3-13-26-14-9-17(10-15-26)25-20(23-4-2)24-16-21(11-12-21)18-7-5-6-8-19(18)22/h3,5-8,17H,1,4,9-16H2,2H3,(H2,23,24,25). The Bertz CT molecular complexity index is 631. The van der Waals surface area contributed by atoms with Gasteiger partial charge in [0.25, 0.3) is 0 Å². The van der Waals surface area contributed by atoms with Crippen LogP contribution in [0.5, 0.6) is 0 Å². The number of rotatable bonds is 7. The molecule has 5 heteroatoms. The SMILES string of the molecule is C=CCN1CCC(NC(=NCC2(c3ccccc3Br)CC2)NCC)CC1. The van der Waals surface area contributed by atoms with Crippen molar-refractivity contribution < 1.29 is 0 Å². The van der Waals surface area contributed by atoms with Crippen molar-refractivity contribution in [2.75, 3.05) is 32.7 Å². The lowest BCUT2D eigenvalue weighted by Gasteiger charge is -2.32. The number of halogens is 1. The quantitative estimate of drug-likeness (QED) is 0.402. The molecule has 1 aliphatic heterocycles. The third-order valence-corrected chi connectivity index (χ3v) is 6.19. The zero-order valence-corrected chi connectivity index (χ0v) is 17.4. The Hall–Kier alpha value is -1.33. The molecule has 0 unspecified atom stereocenters. The maximum atomic E-state index is 4.96. The third-order valence-electron chi connectivity index (χ3n) is 5.50. The van der Waals surface area contributed by atoms with Crippen molar-refractivity contribution in [1.29, 1.82) is 0 Å². The maximum Gasteiger partial charge on any atom is 0.191 e. The first-order chi connectivity index (χ1) is 12.7. The number of likely N-dealkylation sites (tertiary alicyclic amines) is 1. The van der Waals surface area contributed by atoms with Gasteiger partial charge in [0.1, 0.15) is 0 Å². The molecule has 0 aromatic heterocycles. The number of guanidine groups is 1. The molecular weight excluding hydrogens is 388 g/mol. The van der Waals surface area contributed by atoms with E-state index in [1.54, 1.807) is 0 Å². The average Bonchev–Trinajstić information content (AvgIpc) is 3.43. The van der Waals surface area contributed by atoms with E-state index in [2.05, 4.69) is 69.2 Å². The van der Waals surface area contributed by atoms with Crippen LogP contribution in [0.3, 0.4) is 0 Å². The van der Waals surface area contributed by atoms with Crippen LogP contribution >= 0.6 is 15.9 Å². The summed E-state index contributed by atoms with van der Waals surface area (Å²) in [7, 11) is 0. The van der Waals surface area contributed by atoms with Crippen LogP contribution < -0.4 is 10.6 Å². The second kappa shape index (κ2) is 9.05. The molecule has 3 rings (SSSR count). The van der Waals surface area contributed by atoms with Crippen molar-refractivity contribution in [2.45, 2.75) is 44.1 Å². The van der Waals surface area contributed by atoms with Crippen LogP contribution in [0.25, 0.3) is 0 Å². The van der Waals surface area contributed by atoms with Crippen LogP contribution in [0.2, 0.25) is 0 Å². The highest BCUT2D eigenvalue weighted by Gasteiger charge is 2.45. The van der Waals surface area contributed by atoms with Gasteiger partial charge in [0, 0.05) is 42.1 Å². The highest BCUT2D eigenvalue weighted by Crippen LogP contribution is 2.50. The molecular formula is C21H31BrN4. The van der Waals surface area contributed by atoms with Gasteiger partial charge in [-0.05, 0) is 44.2 Å². The molecule has 0 bridgehead atoms. The molecule has 1 aromatic rings. The van der Waals surface area contributed by atoms with Crippen molar-refractivity contribution in [3.63, 3.8) is 0 Å². The first-order valence-corrected chi connectivity index (χ1v) is 10.6. The van der Waals surface area contributed by atoms with Gasteiger partial charge in [-0.3, -0.25) is 9.89 Å². The highest BCUT2D eigenvalue weighted by atomic mass is 79.9. The summed E-state index contributed by atoms with van der Waals surface area (Å²) >= 11 is 3.72. The summed E-state index contributed by atoms with van der Waals surface area (Å²) in [6.07, 6.45) is 6.76. The van der Waals surface area contributed by atoms with Gasteiger partial charge >= 0.3 is 0 Å². The fourth-order valence-electron chi connectivity index (χ4n) is 3.74. The first kappa shape index (κ1) is 19.4. The van der Waals surface area contributed by atoms with Gasteiger partial charge in [-0.25, -0.2) is 0 Å². The molecule has 2 aliphatic rings. The van der Waals surface area contributed by atoms with Gasteiger partial charge in [0.05, 0.1) is 6.54 Å². The van der Waals surface area contributed by atoms with Gasteiger partial charge in [-0.2, -0.15) is 0 Å². The lowest BCUT2D eigenvalue weighted by atomic mass is 9.96. The molecule has 0 atom stereocenters. The molecule has 1 saturated heterocycles. The molecule has 1 aromatic carbocycles. The average molecular weight is 419 g/mol. The van der Waals surface area contributed by atoms with Crippen molar-refractivity contribution >= 4 is 21.9 Å². The number of benzene rings is 1. The maximum absolute atomic E-state index is 4.96. The van der Waals surface area contributed by atoms with E-state index in [0.29, 0.717) is 6.04 Å². The number of nitrogens with one attached hydrogen (secondary N) is 2. The molecule has 1 saturated carbocycles. The van der Waals surface area contributed by atoms with E-state index in [4.69, 9.17) is 4.99 Å². The Kier molecular flexibility index (Phi) is 6.76. The molecule has 1 heterocycles. The largest absolute Gasteiger partial charge is 0.357 e. The monoisotopic (exact) mass is 418 g/mol. The minimum absolute atomic E-state index is 0.218. The predicted octanol–water partition coefficient (Wildman–Crippen LogP) is 3.69. The number of hydrogen-bond donors (Lipinski definition) is 2. The predicted molar refractivity (Wildman–Crippen MR) is 114 cm³/mol.